The number of ether oxygens (including phenoxy) is 1. The van der Waals surface area contributed by atoms with Gasteiger partial charge in [0.25, 0.3) is 0 Å². The van der Waals surface area contributed by atoms with Crippen molar-refractivity contribution in [2.24, 2.45) is 5.92 Å². The van der Waals surface area contributed by atoms with Gasteiger partial charge in [-0.1, -0.05) is 19.9 Å². The molecule has 0 saturated carbocycles. The maximum Gasteiger partial charge on any atom is 0.126 e. The number of hydrogen-bond donors (Lipinski definition) is 1. The molecule has 0 spiro atoms. The van der Waals surface area contributed by atoms with Crippen LogP contribution < -0.4 is 10.1 Å². The summed E-state index contributed by atoms with van der Waals surface area (Å²) in [5.74, 6) is 1.01. The smallest absolute Gasteiger partial charge is 0.126 e. The number of nitrogens with one attached hydrogen (secondary N) is 1. The number of benzene rings is 1. The standard InChI is InChI=1S/C16H25FN2O/c1-12(2)10-15(19-8-6-18-7-9-19)14-5-4-13(17)11-16(14)20-3/h4-5,11-12,15,18H,6-10H2,1-3H3/t15-/m1/s1. The minimum atomic E-state index is -0.241. The van der Waals surface area contributed by atoms with Crippen LogP contribution in [0, 0.1) is 11.7 Å². The molecule has 0 bridgehead atoms. The van der Waals surface area contributed by atoms with Gasteiger partial charge < -0.3 is 10.1 Å². The quantitative estimate of drug-likeness (QED) is 0.897. The molecule has 1 fully saturated rings. The molecular formula is C16H25FN2O. The largest absolute Gasteiger partial charge is 0.496 e. The fourth-order valence-electron chi connectivity index (χ4n) is 2.87. The van der Waals surface area contributed by atoms with Crippen LogP contribution in [0.2, 0.25) is 0 Å². The highest BCUT2D eigenvalue weighted by Crippen LogP contribution is 2.34. The van der Waals surface area contributed by atoms with Crippen molar-refractivity contribution in [3.8, 4) is 5.75 Å². The Balaban J connectivity index is 2.29. The lowest BCUT2D eigenvalue weighted by Gasteiger charge is -2.36. The molecule has 0 aromatic heterocycles. The summed E-state index contributed by atoms with van der Waals surface area (Å²) in [6.45, 7) is 8.53. The van der Waals surface area contributed by atoms with E-state index in [4.69, 9.17) is 4.74 Å². The summed E-state index contributed by atoms with van der Waals surface area (Å²) in [7, 11) is 1.61. The van der Waals surface area contributed by atoms with Gasteiger partial charge in [0.05, 0.1) is 7.11 Å². The highest BCUT2D eigenvalue weighted by molar-refractivity contribution is 5.36. The normalized spacial score (nSPS) is 18.2. The SMILES string of the molecule is COc1cc(F)ccc1[C@@H](CC(C)C)N1CCNCC1. The monoisotopic (exact) mass is 280 g/mol. The number of rotatable bonds is 5. The molecule has 0 aliphatic carbocycles. The molecule has 1 heterocycles. The highest BCUT2D eigenvalue weighted by atomic mass is 19.1. The molecule has 0 unspecified atom stereocenters. The maximum atomic E-state index is 13.4. The zero-order valence-corrected chi connectivity index (χ0v) is 12.7. The second kappa shape index (κ2) is 7.04. The van der Waals surface area contributed by atoms with Gasteiger partial charge in [0.15, 0.2) is 0 Å². The molecule has 1 N–H and O–H groups in total. The lowest BCUT2D eigenvalue weighted by molar-refractivity contribution is 0.151. The van der Waals surface area contributed by atoms with E-state index in [0.717, 1.165) is 38.2 Å². The minimum Gasteiger partial charge on any atom is -0.496 e. The third-order valence-electron chi connectivity index (χ3n) is 3.84. The topological polar surface area (TPSA) is 24.5 Å². The van der Waals surface area contributed by atoms with Crippen molar-refractivity contribution in [1.29, 1.82) is 0 Å². The molecule has 1 aromatic carbocycles. The molecule has 1 aliphatic rings. The van der Waals surface area contributed by atoms with Gasteiger partial charge in [0, 0.05) is 43.9 Å². The first-order chi connectivity index (χ1) is 9.61. The van der Waals surface area contributed by atoms with Gasteiger partial charge in [0.2, 0.25) is 0 Å². The molecule has 1 aliphatic heterocycles. The van der Waals surface area contributed by atoms with E-state index in [-0.39, 0.29) is 5.82 Å². The Morgan fingerprint density at radius 2 is 2.00 bits per heavy atom. The van der Waals surface area contributed by atoms with Gasteiger partial charge in [-0.3, -0.25) is 4.90 Å². The van der Waals surface area contributed by atoms with E-state index in [1.807, 2.05) is 6.07 Å². The average molecular weight is 280 g/mol. The van der Waals surface area contributed by atoms with E-state index in [1.54, 1.807) is 7.11 Å². The second-order valence-electron chi connectivity index (χ2n) is 5.82. The molecule has 1 atom stereocenters. The molecule has 20 heavy (non-hydrogen) atoms. The van der Waals surface area contributed by atoms with Crippen LogP contribution in [0.5, 0.6) is 5.75 Å². The molecule has 4 heteroatoms. The highest BCUT2D eigenvalue weighted by Gasteiger charge is 2.25. The van der Waals surface area contributed by atoms with Crippen molar-refractivity contribution in [3.05, 3.63) is 29.6 Å². The van der Waals surface area contributed by atoms with E-state index < -0.39 is 0 Å². The lowest BCUT2D eigenvalue weighted by atomic mass is 9.94. The molecular weight excluding hydrogens is 255 g/mol. The Morgan fingerprint density at radius 3 is 2.60 bits per heavy atom. The van der Waals surface area contributed by atoms with Crippen molar-refractivity contribution in [1.82, 2.24) is 10.2 Å². The van der Waals surface area contributed by atoms with Gasteiger partial charge >= 0.3 is 0 Å². The van der Waals surface area contributed by atoms with E-state index in [9.17, 15) is 4.39 Å². The summed E-state index contributed by atoms with van der Waals surface area (Å²) in [5, 5.41) is 3.38. The Hall–Kier alpha value is -1.13. The van der Waals surface area contributed by atoms with E-state index in [2.05, 4.69) is 24.1 Å². The third-order valence-corrected chi connectivity index (χ3v) is 3.84. The zero-order chi connectivity index (χ0) is 14.5. The van der Waals surface area contributed by atoms with Crippen LogP contribution in [0.25, 0.3) is 0 Å². The number of nitrogens with zero attached hydrogens (tertiary/aromatic N) is 1. The lowest BCUT2D eigenvalue weighted by Crippen LogP contribution is -2.45. The fourth-order valence-corrected chi connectivity index (χ4v) is 2.87. The van der Waals surface area contributed by atoms with Crippen LogP contribution >= 0.6 is 0 Å². The Labute approximate surface area is 121 Å². The predicted octanol–water partition coefficient (Wildman–Crippen LogP) is 2.83. The van der Waals surface area contributed by atoms with Gasteiger partial charge in [-0.2, -0.15) is 0 Å². The molecule has 3 nitrogen and oxygen atoms in total. The predicted molar refractivity (Wildman–Crippen MR) is 79.6 cm³/mol. The van der Waals surface area contributed by atoms with Crippen molar-refractivity contribution in [3.63, 3.8) is 0 Å². The first-order valence-electron chi connectivity index (χ1n) is 7.40. The summed E-state index contributed by atoms with van der Waals surface area (Å²) < 4.78 is 18.8. The first-order valence-corrected chi connectivity index (χ1v) is 7.40. The molecule has 0 amide bonds. The van der Waals surface area contributed by atoms with Crippen molar-refractivity contribution in [2.75, 3.05) is 33.3 Å². The Bertz CT molecular complexity index is 430. The van der Waals surface area contributed by atoms with E-state index >= 15 is 0 Å². The fraction of sp³-hybridized carbons (Fsp3) is 0.625. The van der Waals surface area contributed by atoms with Gasteiger partial charge in [-0.25, -0.2) is 4.39 Å². The second-order valence-corrected chi connectivity index (χ2v) is 5.82. The van der Waals surface area contributed by atoms with Crippen molar-refractivity contribution < 1.29 is 9.13 Å². The maximum absolute atomic E-state index is 13.4. The van der Waals surface area contributed by atoms with Gasteiger partial charge in [-0.05, 0) is 18.4 Å². The summed E-state index contributed by atoms with van der Waals surface area (Å²) in [6, 6.07) is 5.20. The molecule has 1 aromatic rings. The van der Waals surface area contributed by atoms with Crippen molar-refractivity contribution >= 4 is 0 Å². The van der Waals surface area contributed by atoms with E-state index in [1.165, 1.54) is 12.1 Å². The van der Waals surface area contributed by atoms with Crippen LogP contribution in [0.1, 0.15) is 31.9 Å². The third kappa shape index (κ3) is 3.70. The number of piperazine rings is 1. The van der Waals surface area contributed by atoms with Crippen LogP contribution in [0.15, 0.2) is 18.2 Å². The molecule has 112 valence electrons. The number of hydrogen-bond acceptors (Lipinski definition) is 3. The number of halogens is 1. The minimum absolute atomic E-state index is 0.241. The van der Waals surface area contributed by atoms with Crippen LogP contribution in [0.4, 0.5) is 4.39 Å². The van der Waals surface area contributed by atoms with Crippen LogP contribution in [-0.4, -0.2) is 38.2 Å². The van der Waals surface area contributed by atoms with Gasteiger partial charge in [0.1, 0.15) is 11.6 Å². The molecule has 2 rings (SSSR count). The first kappa shape index (κ1) is 15.3. The Kier molecular flexibility index (Phi) is 5.38. The summed E-state index contributed by atoms with van der Waals surface area (Å²) in [6.07, 6.45) is 1.06. The Morgan fingerprint density at radius 1 is 1.30 bits per heavy atom. The van der Waals surface area contributed by atoms with Crippen LogP contribution in [0.3, 0.4) is 0 Å². The summed E-state index contributed by atoms with van der Waals surface area (Å²) in [5.41, 5.74) is 1.10. The van der Waals surface area contributed by atoms with E-state index in [0.29, 0.717) is 17.7 Å². The average Bonchev–Trinajstić information content (AvgIpc) is 2.45. The summed E-state index contributed by atoms with van der Waals surface area (Å²) in [4.78, 5) is 2.48. The van der Waals surface area contributed by atoms with Crippen LogP contribution in [-0.2, 0) is 0 Å². The zero-order valence-electron chi connectivity index (χ0n) is 12.7. The molecule has 1 saturated heterocycles. The molecule has 0 radical (unpaired) electrons. The van der Waals surface area contributed by atoms with Gasteiger partial charge in [-0.15, -0.1) is 0 Å². The number of methoxy groups -OCH3 is 1. The van der Waals surface area contributed by atoms with Crippen molar-refractivity contribution in [2.45, 2.75) is 26.3 Å². The summed E-state index contributed by atoms with van der Waals surface area (Å²) >= 11 is 0.